The number of carbonyl (C=O) groups is 1. The SMILES string of the molecule is CCCCCNC(=O)c1csc(NS(=O)(=O)c2ccccc2)n1. The average Bonchev–Trinajstić information content (AvgIpc) is 3.00. The largest absolute Gasteiger partial charge is 0.351 e. The highest BCUT2D eigenvalue weighted by Gasteiger charge is 2.17. The molecule has 8 heteroatoms. The molecule has 0 radical (unpaired) electrons. The Bertz CT molecular complexity index is 742. The van der Waals surface area contributed by atoms with Gasteiger partial charge >= 0.3 is 0 Å². The van der Waals surface area contributed by atoms with E-state index in [-0.39, 0.29) is 21.6 Å². The van der Waals surface area contributed by atoms with Crippen molar-refractivity contribution in [3.8, 4) is 0 Å². The first kappa shape index (κ1) is 17.4. The van der Waals surface area contributed by atoms with Gasteiger partial charge in [0, 0.05) is 11.9 Å². The number of sulfonamides is 1. The van der Waals surface area contributed by atoms with E-state index in [0.717, 1.165) is 30.6 Å². The molecular weight excluding hydrogens is 334 g/mol. The number of carbonyl (C=O) groups excluding carboxylic acids is 1. The van der Waals surface area contributed by atoms with E-state index in [0.29, 0.717) is 6.54 Å². The number of thiazole rings is 1. The molecule has 0 spiro atoms. The van der Waals surface area contributed by atoms with Gasteiger partial charge in [0.1, 0.15) is 5.69 Å². The standard InChI is InChI=1S/C15H19N3O3S2/c1-2-3-7-10-16-14(19)13-11-22-15(17-13)18-23(20,21)12-8-5-4-6-9-12/h4-6,8-9,11H,2-3,7,10H2,1H3,(H,16,19)(H,17,18). The molecule has 0 aliphatic rings. The number of hydrogen-bond acceptors (Lipinski definition) is 5. The fourth-order valence-corrected chi connectivity index (χ4v) is 3.83. The monoisotopic (exact) mass is 353 g/mol. The highest BCUT2D eigenvalue weighted by molar-refractivity contribution is 7.93. The Labute approximate surface area is 140 Å². The Morgan fingerprint density at radius 2 is 1.96 bits per heavy atom. The molecule has 0 unspecified atom stereocenters. The summed E-state index contributed by atoms with van der Waals surface area (Å²) < 4.78 is 26.7. The summed E-state index contributed by atoms with van der Waals surface area (Å²) in [5, 5.41) is 4.48. The van der Waals surface area contributed by atoms with Crippen LogP contribution in [0.2, 0.25) is 0 Å². The lowest BCUT2D eigenvalue weighted by Crippen LogP contribution is -2.24. The van der Waals surface area contributed by atoms with Crippen molar-refractivity contribution in [2.45, 2.75) is 31.1 Å². The molecule has 0 aliphatic carbocycles. The van der Waals surface area contributed by atoms with Crippen molar-refractivity contribution in [3.05, 3.63) is 41.4 Å². The molecule has 1 aromatic carbocycles. The molecule has 2 N–H and O–H groups in total. The van der Waals surface area contributed by atoms with Gasteiger partial charge in [0.05, 0.1) is 4.90 Å². The summed E-state index contributed by atoms with van der Waals surface area (Å²) in [6.07, 6.45) is 3.05. The van der Waals surface area contributed by atoms with Gasteiger partial charge in [0.25, 0.3) is 15.9 Å². The predicted octanol–water partition coefficient (Wildman–Crippen LogP) is 2.86. The van der Waals surface area contributed by atoms with Gasteiger partial charge in [-0.1, -0.05) is 38.0 Å². The lowest BCUT2D eigenvalue weighted by molar-refractivity contribution is 0.0948. The van der Waals surface area contributed by atoms with E-state index >= 15 is 0 Å². The van der Waals surface area contributed by atoms with Crippen LogP contribution in [0.1, 0.15) is 36.7 Å². The summed E-state index contributed by atoms with van der Waals surface area (Å²) in [6, 6.07) is 8.02. The van der Waals surface area contributed by atoms with Gasteiger partial charge in [-0.3, -0.25) is 9.52 Å². The van der Waals surface area contributed by atoms with Crippen LogP contribution in [0.25, 0.3) is 0 Å². The minimum Gasteiger partial charge on any atom is -0.351 e. The van der Waals surface area contributed by atoms with E-state index in [1.165, 1.54) is 17.5 Å². The number of hydrogen-bond donors (Lipinski definition) is 2. The first-order valence-corrected chi connectivity index (χ1v) is 9.71. The minimum atomic E-state index is -3.68. The van der Waals surface area contributed by atoms with Gasteiger partial charge in [-0.15, -0.1) is 11.3 Å². The Kier molecular flexibility index (Phi) is 6.12. The molecule has 23 heavy (non-hydrogen) atoms. The van der Waals surface area contributed by atoms with E-state index in [4.69, 9.17) is 0 Å². The van der Waals surface area contributed by atoms with Gasteiger partial charge in [-0.25, -0.2) is 13.4 Å². The second-order valence-corrected chi connectivity index (χ2v) is 7.46. The van der Waals surface area contributed by atoms with Crippen LogP contribution in [0.3, 0.4) is 0 Å². The van der Waals surface area contributed by atoms with Crippen molar-refractivity contribution < 1.29 is 13.2 Å². The lowest BCUT2D eigenvalue weighted by Gasteiger charge is -2.04. The Morgan fingerprint density at radius 3 is 2.65 bits per heavy atom. The molecule has 0 saturated carbocycles. The van der Waals surface area contributed by atoms with E-state index < -0.39 is 10.0 Å². The fraction of sp³-hybridized carbons (Fsp3) is 0.333. The highest BCUT2D eigenvalue weighted by Crippen LogP contribution is 2.20. The number of nitrogens with zero attached hydrogens (tertiary/aromatic N) is 1. The molecule has 124 valence electrons. The third-order valence-corrected chi connectivity index (χ3v) is 5.32. The summed E-state index contributed by atoms with van der Waals surface area (Å²) in [4.78, 5) is 16.1. The summed E-state index contributed by atoms with van der Waals surface area (Å²) in [6.45, 7) is 2.68. The van der Waals surface area contributed by atoms with Crippen molar-refractivity contribution in [1.29, 1.82) is 0 Å². The van der Waals surface area contributed by atoms with Gasteiger partial charge in [-0.2, -0.15) is 0 Å². The molecule has 2 aromatic rings. The fourth-order valence-electron chi connectivity index (χ4n) is 1.87. The van der Waals surface area contributed by atoms with Crippen LogP contribution < -0.4 is 10.0 Å². The molecule has 0 bridgehead atoms. The number of unbranched alkanes of at least 4 members (excludes halogenated alkanes) is 2. The second kappa shape index (κ2) is 8.07. The Morgan fingerprint density at radius 1 is 1.22 bits per heavy atom. The lowest BCUT2D eigenvalue weighted by atomic mass is 10.2. The van der Waals surface area contributed by atoms with Crippen molar-refractivity contribution in [2.75, 3.05) is 11.3 Å². The van der Waals surface area contributed by atoms with Crippen LogP contribution in [0.4, 0.5) is 5.13 Å². The minimum absolute atomic E-state index is 0.153. The molecule has 0 fully saturated rings. The summed E-state index contributed by atoms with van der Waals surface area (Å²) >= 11 is 1.08. The third-order valence-electron chi connectivity index (χ3n) is 3.08. The van der Waals surface area contributed by atoms with Crippen molar-refractivity contribution in [1.82, 2.24) is 10.3 Å². The van der Waals surface area contributed by atoms with Gasteiger partial charge < -0.3 is 5.32 Å². The predicted molar refractivity (Wildman–Crippen MR) is 91.2 cm³/mol. The zero-order chi connectivity index (χ0) is 16.7. The summed E-state index contributed by atoms with van der Waals surface area (Å²) in [7, 11) is -3.68. The Hall–Kier alpha value is -1.93. The molecule has 2 rings (SSSR count). The van der Waals surface area contributed by atoms with Gasteiger partial charge in [0.15, 0.2) is 5.13 Å². The molecule has 1 aromatic heterocycles. The maximum Gasteiger partial charge on any atom is 0.270 e. The normalized spacial score (nSPS) is 11.2. The molecule has 1 amide bonds. The number of nitrogens with one attached hydrogen (secondary N) is 2. The molecule has 0 saturated heterocycles. The van der Waals surface area contributed by atoms with Gasteiger partial charge in [0.2, 0.25) is 0 Å². The zero-order valence-corrected chi connectivity index (χ0v) is 14.4. The van der Waals surface area contributed by atoms with Crippen LogP contribution in [-0.4, -0.2) is 25.9 Å². The van der Waals surface area contributed by atoms with Crippen molar-refractivity contribution in [3.63, 3.8) is 0 Å². The van der Waals surface area contributed by atoms with E-state index in [9.17, 15) is 13.2 Å². The second-order valence-electron chi connectivity index (χ2n) is 4.92. The van der Waals surface area contributed by atoms with E-state index in [1.54, 1.807) is 18.2 Å². The van der Waals surface area contributed by atoms with Crippen molar-refractivity contribution in [2.24, 2.45) is 0 Å². The number of amides is 1. The van der Waals surface area contributed by atoms with E-state index in [1.807, 2.05) is 0 Å². The smallest absolute Gasteiger partial charge is 0.270 e. The summed E-state index contributed by atoms with van der Waals surface area (Å²) in [5.41, 5.74) is 0.220. The average molecular weight is 353 g/mol. The summed E-state index contributed by atoms with van der Waals surface area (Å²) in [5.74, 6) is -0.289. The Balaban J connectivity index is 1.98. The molecule has 0 atom stereocenters. The first-order valence-electron chi connectivity index (χ1n) is 7.34. The molecule has 1 heterocycles. The van der Waals surface area contributed by atoms with Crippen molar-refractivity contribution >= 4 is 32.4 Å². The molecular formula is C15H19N3O3S2. The van der Waals surface area contributed by atoms with Crippen LogP contribution >= 0.6 is 11.3 Å². The quantitative estimate of drug-likeness (QED) is 0.714. The van der Waals surface area contributed by atoms with Crippen LogP contribution in [0.15, 0.2) is 40.6 Å². The topological polar surface area (TPSA) is 88.2 Å². The highest BCUT2D eigenvalue weighted by atomic mass is 32.2. The maximum atomic E-state index is 12.2. The van der Waals surface area contributed by atoms with Crippen LogP contribution in [0, 0.1) is 0 Å². The number of rotatable bonds is 8. The maximum absolute atomic E-state index is 12.2. The molecule has 0 aliphatic heterocycles. The molecule has 6 nitrogen and oxygen atoms in total. The van der Waals surface area contributed by atoms with Gasteiger partial charge in [-0.05, 0) is 18.6 Å². The first-order chi connectivity index (χ1) is 11.0. The number of benzene rings is 1. The third kappa shape index (κ3) is 5.04. The van der Waals surface area contributed by atoms with Crippen LogP contribution in [0.5, 0.6) is 0 Å². The zero-order valence-electron chi connectivity index (χ0n) is 12.8. The van der Waals surface area contributed by atoms with Crippen LogP contribution in [-0.2, 0) is 10.0 Å². The number of aromatic nitrogens is 1. The number of anilines is 1. The van der Waals surface area contributed by atoms with E-state index in [2.05, 4.69) is 21.9 Å².